The van der Waals surface area contributed by atoms with Crippen molar-refractivity contribution in [1.29, 1.82) is 0 Å². The first kappa shape index (κ1) is 6.91. The lowest BCUT2D eigenvalue weighted by atomic mass is 10.0. The number of rotatable bonds is 0. The Morgan fingerprint density at radius 1 is 1.73 bits per heavy atom. The Morgan fingerprint density at radius 3 is 3.27 bits per heavy atom. The number of amides is 1. The molecule has 2 aliphatic heterocycles. The highest BCUT2D eigenvalue weighted by atomic mass is 16.6. The highest BCUT2D eigenvalue weighted by molar-refractivity contribution is 5.71. The molecule has 0 aromatic rings. The normalized spacial score (nSPS) is 36.8. The van der Waals surface area contributed by atoms with Crippen molar-refractivity contribution in [1.82, 2.24) is 10.2 Å². The van der Waals surface area contributed by atoms with Crippen molar-refractivity contribution in [3.63, 3.8) is 0 Å². The first-order valence-electron chi connectivity index (χ1n) is 3.87. The first-order valence-corrected chi connectivity index (χ1v) is 3.87. The van der Waals surface area contributed by atoms with E-state index >= 15 is 0 Å². The van der Waals surface area contributed by atoms with E-state index < -0.39 is 0 Å². The zero-order chi connectivity index (χ0) is 7.90. The van der Waals surface area contributed by atoms with Gasteiger partial charge in [0.15, 0.2) is 0 Å². The molecule has 1 unspecified atom stereocenters. The first-order chi connectivity index (χ1) is 5.22. The minimum atomic E-state index is -0.158. The molecule has 1 N–H and O–H groups in total. The summed E-state index contributed by atoms with van der Waals surface area (Å²) in [4.78, 5) is 12.9. The SMILES string of the molecule is CC12CNCCN1C(=O)OC2. The molecule has 0 saturated carbocycles. The number of nitrogens with one attached hydrogen (secondary N) is 1. The van der Waals surface area contributed by atoms with Gasteiger partial charge in [0.05, 0.1) is 5.54 Å². The Bertz CT molecular complexity index is 195. The summed E-state index contributed by atoms with van der Waals surface area (Å²) in [6.45, 7) is 5.07. The van der Waals surface area contributed by atoms with E-state index in [1.54, 1.807) is 0 Å². The molecule has 4 nitrogen and oxygen atoms in total. The number of hydrogen-bond donors (Lipinski definition) is 1. The molecule has 2 aliphatic rings. The smallest absolute Gasteiger partial charge is 0.410 e. The maximum atomic E-state index is 11.1. The molecule has 4 heteroatoms. The Labute approximate surface area is 65.5 Å². The largest absolute Gasteiger partial charge is 0.447 e. The predicted octanol–water partition coefficient (Wildman–Crippen LogP) is -0.200. The van der Waals surface area contributed by atoms with Crippen LogP contribution >= 0.6 is 0 Å². The second-order valence-corrected chi connectivity index (χ2v) is 3.38. The van der Waals surface area contributed by atoms with Crippen molar-refractivity contribution in [3.05, 3.63) is 0 Å². The minimum Gasteiger partial charge on any atom is -0.447 e. The molecule has 0 spiro atoms. The number of nitrogens with zero attached hydrogens (tertiary/aromatic N) is 1. The quantitative estimate of drug-likeness (QED) is 0.528. The van der Waals surface area contributed by atoms with Gasteiger partial charge in [-0.2, -0.15) is 0 Å². The van der Waals surface area contributed by atoms with Gasteiger partial charge in [0.1, 0.15) is 6.61 Å². The van der Waals surface area contributed by atoms with E-state index in [-0.39, 0.29) is 11.6 Å². The Kier molecular flexibility index (Phi) is 1.32. The van der Waals surface area contributed by atoms with E-state index in [0.717, 1.165) is 19.6 Å². The lowest BCUT2D eigenvalue weighted by Gasteiger charge is -2.36. The lowest BCUT2D eigenvalue weighted by molar-refractivity contribution is 0.140. The molecular formula is C7H12N2O2. The summed E-state index contributed by atoms with van der Waals surface area (Å²) >= 11 is 0. The number of cyclic esters (lactones) is 1. The molecule has 1 amide bonds. The predicted molar refractivity (Wildman–Crippen MR) is 39.3 cm³/mol. The van der Waals surface area contributed by atoms with E-state index in [1.165, 1.54) is 0 Å². The van der Waals surface area contributed by atoms with Crippen LogP contribution in [0.1, 0.15) is 6.92 Å². The fourth-order valence-corrected chi connectivity index (χ4v) is 1.65. The molecule has 0 aromatic carbocycles. The maximum absolute atomic E-state index is 11.1. The minimum absolute atomic E-state index is 0.0880. The number of ether oxygens (including phenoxy) is 1. The molecule has 0 radical (unpaired) electrons. The van der Waals surface area contributed by atoms with Gasteiger partial charge in [-0.25, -0.2) is 4.79 Å². The molecule has 2 fully saturated rings. The molecule has 2 saturated heterocycles. The van der Waals surface area contributed by atoms with Crippen LogP contribution in [0.15, 0.2) is 0 Å². The molecule has 62 valence electrons. The van der Waals surface area contributed by atoms with Gasteiger partial charge in [-0.1, -0.05) is 0 Å². The summed E-state index contributed by atoms with van der Waals surface area (Å²) in [6.07, 6.45) is -0.158. The number of fused-ring (bicyclic) bond motifs is 1. The Morgan fingerprint density at radius 2 is 2.55 bits per heavy atom. The third kappa shape index (κ3) is 0.894. The fraction of sp³-hybridized carbons (Fsp3) is 0.857. The average molecular weight is 156 g/mol. The molecule has 11 heavy (non-hydrogen) atoms. The van der Waals surface area contributed by atoms with E-state index in [0.29, 0.717) is 6.61 Å². The number of carbonyl (C=O) groups excluding carboxylic acids is 1. The highest BCUT2D eigenvalue weighted by Crippen LogP contribution is 2.24. The van der Waals surface area contributed by atoms with Crippen LogP contribution < -0.4 is 5.32 Å². The molecule has 1 atom stereocenters. The summed E-state index contributed by atoms with van der Waals surface area (Å²) < 4.78 is 4.95. The zero-order valence-corrected chi connectivity index (χ0v) is 6.59. The van der Waals surface area contributed by atoms with Crippen molar-refractivity contribution >= 4 is 6.09 Å². The molecule has 0 aromatic heterocycles. The van der Waals surface area contributed by atoms with E-state index in [9.17, 15) is 4.79 Å². The van der Waals surface area contributed by atoms with Gasteiger partial charge in [0, 0.05) is 19.6 Å². The van der Waals surface area contributed by atoms with Gasteiger partial charge in [-0.3, -0.25) is 4.90 Å². The number of hydrogen-bond acceptors (Lipinski definition) is 3. The standard InChI is InChI=1S/C7H12N2O2/c1-7-4-8-2-3-9(7)6(10)11-5-7/h8H,2-5H2,1H3. The molecule has 0 aliphatic carbocycles. The third-order valence-electron chi connectivity index (χ3n) is 2.40. The second-order valence-electron chi connectivity index (χ2n) is 3.38. The highest BCUT2D eigenvalue weighted by Gasteiger charge is 2.44. The van der Waals surface area contributed by atoms with Crippen LogP contribution in [0.2, 0.25) is 0 Å². The van der Waals surface area contributed by atoms with Gasteiger partial charge in [-0.05, 0) is 6.92 Å². The Hall–Kier alpha value is -0.770. The monoisotopic (exact) mass is 156 g/mol. The van der Waals surface area contributed by atoms with Crippen LogP contribution in [0, 0.1) is 0 Å². The Balaban J connectivity index is 2.21. The van der Waals surface area contributed by atoms with Crippen LogP contribution in [0.3, 0.4) is 0 Å². The summed E-state index contributed by atoms with van der Waals surface area (Å²) in [5.74, 6) is 0. The van der Waals surface area contributed by atoms with Crippen LogP contribution in [-0.2, 0) is 4.74 Å². The van der Waals surface area contributed by atoms with E-state index in [4.69, 9.17) is 4.74 Å². The van der Waals surface area contributed by atoms with Gasteiger partial charge < -0.3 is 10.1 Å². The topological polar surface area (TPSA) is 41.6 Å². The van der Waals surface area contributed by atoms with Crippen LogP contribution in [-0.4, -0.2) is 42.8 Å². The maximum Gasteiger partial charge on any atom is 0.410 e. The van der Waals surface area contributed by atoms with Gasteiger partial charge in [-0.15, -0.1) is 0 Å². The number of piperazine rings is 1. The second kappa shape index (κ2) is 2.11. The fourth-order valence-electron chi connectivity index (χ4n) is 1.65. The molecular weight excluding hydrogens is 144 g/mol. The summed E-state index contributed by atoms with van der Waals surface area (Å²) in [7, 11) is 0. The van der Waals surface area contributed by atoms with Crippen LogP contribution in [0.25, 0.3) is 0 Å². The summed E-state index contributed by atoms with van der Waals surface area (Å²) in [5, 5.41) is 3.24. The molecule has 2 heterocycles. The van der Waals surface area contributed by atoms with Crippen molar-refractivity contribution < 1.29 is 9.53 Å². The van der Waals surface area contributed by atoms with Gasteiger partial charge in [0.25, 0.3) is 0 Å². The van der Waals surface area contributed by atoms with E-state index in [1.807, 2.05) is 11.8 Å². The molecule has 2 rings (SSSR count). The number of carbonyl (C=O) groups is 1. The van der Waals surface area contributed by atoms with Crippen molar-refractivity contribution in [2.45, 2.75) is 12.5 Å². The summed E-state index contributed by atoms with van der Waals surface area (Å²) in [6, 6.07) is 0. The summed E-state index contributed by atoms with van der Waals surface area (Å²) in [5.41, 5.74) is -0.0880. The van der Waals surface area contributed by atoms with Gasteiger partial charge in [0.2, 0.25) is 0 Å². The van der Waals surface area contributed by atoms with Crippen molar-refractivity contribution in [2.75, 3.05) is 26.2 Å². The lowest BCUT2D eigenvalue weighted by Crippen LogP contribution is -2.58. The third-order valence-corrected chi connectivity index (χ3v) is 2.40. The van der Waals surface area contributed by atoms with Crippen molar-refractivity contribution in [3.8, 4) is 0 Å². The van der Waals surface area contributed by atoms with Gasteiger partial charge >= 0.3 is 6.09 Å². The van der Waals surface area contributed by atoms with Crippen molar-refractivity contribution in [2.24, 2.45) is 0 Å². The van der Waals surface area contributed by atoms with Crippen LogP contribution in [0.5, 0.6) is 0 Å². The molecule has 0 bridgehead atoms. The van der Waals surface area contributed by atoms with E-state index in [2.05, 4.69) is 5.32 Å². The zero-order valence-electron chi connectivity index (χ0n) is 6.59. The average Bonchev–Trinajstić information content (AvgIpc) is 2.29. The van der Waals surface area contributed by atoms with Crippen LogP contribution in [0.4, 0.5) is 4.79 Å².